The van der Waals surface area contributed by atoms with Crippen molar-refractivity contribution in [1.29, 1.82) is 0 Å². The standard InChI is InChI=1S/C27H31FO6/c1-6-32-24(31)14-20(30)13-19(29)11-12-21-22(16(2)3)15-23-26(34-27(4,5)33-23)25(21)17-7-9-18(28)10-8-17/h7-12,15-16,19,29H,6,13-14H2,1-5H3. The van der Waals surface area contributed by atoms with Gasteiger partial charge in [-0.2, -0.15) is 0 Å². The quantitative estimate of drug-likeness (QED) is 0.390. The van der Waals surface area contributed by atoms with Gasteiger partial charge >= 0.3 is 5.97 Å². The van der Waals surface area contributed by atoms with Crippen LogP contribution in [0.3, 0.4) is 0 Å². The zero-order valence-electron chi connectivity index (χ0n) is 20.2. The van der Waals surface area contributed by atoms with Crippen molar-refractivity contribution >= 4 is 17.8 Å². The van der Waals surface area contributed by atoms with Crippen molar-refractivity contribution in [1.82, 2.24) is 0 Å². The molecule has 1 aliphatic rings. The molecule has 7 heteroatoms. The van der Waals surface area contributed by atoms with E-state index in [1.54, 1.807) is 25.1 Å². The molecule has 0 radical (unpaired) electrons. The molecule has 0 aliphatic carbocycles. The van der Waals surface area contributed by atoms with Crippen LogP contribution in [-0.2, 0) is 14.3 Å². The minimum Gasteiger partial charge on any atom is -0.466 e. The lowest BCUT2D eigenvalue weighted by Gasteiger charge is -2.19. The van der Waals surface area contributed by atoms with E-state index in [0.717, 1.165) is 16.7 Å². The van der Waals surface area contributed by atoms with Gasteiger partial charge < -0.3 is 19.3 Å². The smallest absolute Gasteiger partial charge is 0.313 e. The Hall–Kier alpha value is -3.19. The highest BCUT2D eigenvalue weighted by molar-refractivity contribution is 5.96. The lowest BCUT2D eigenvalue weighted by atomic mass is 9.88. The van der Waals surface area contributed by atoms with Gasteiger partial charge in [-0.3, -0.25) is 9.59 Å². The van der Waals surface area contributed by atoms with Crippen LogP contribution in [0.1, 0.15) is 64.5 Å². The molecule has 1 N–H and O–H groups in total. The molecule has 1 unspecified atom stereocenters. The Labute approximate surface area is 199 Å². The number of aliphatic hydroxyl groups is 1. The molecule has 2 aromatic carbocycles. The second-order valence-electron chi connectivity index (χ2n) is 9.00. The lowest BCUT2D eigenvalue weighted by molar-refractivity contribution is -0.145. The van der Waals surface area contributed by atoms with Gasteiger partial charge in [0.05, 0.1) is 12.7 Å². The maximum atomic E-state index is 13.7. The highest BCUT2D eigenvalue weighted by Gasteiger charge is 2.36. The molecule has 0 saturated heterocycles. The summed E-state index contributed by atoms with van der Waals surface area (Å²) >= 11 is 0. The summed E-state index contributed by atoms with van der Waals surface area (Å²) in [5, 5.41) is 10.5. The molecule has 1 heterocycles. The number of ketones is 1. The summed E-state index contributed by atoms with van der Waals surface area (Å²) in [5.41, 5.74) is 3.17. The fourth-order valence-corrected chi connectivity index (χ4v) is 3.90. The number of esters is 1. The third-order valence-corrected chi connectivity index (χ3v) is 5.34. The van der Waals surface area contributed by atoms with Crippen LogP contribution in [0.2, 0.25) is 0 Å². The molecule has 0 spiro atoms. The fourth-order valence-electron chi connectivity index (χ4n) is 3.90. The van der Waals surface area contributed by atoms with Gasteiger partial charge in [-0.15, -0.1) is 0 Å². The van der Waals surface area contributed by atoms with Crippen LogP contribution in [-0.4, -0.2) is 35.4 Å². The second kappa shape index (κ2) is 10.4. The minimum absolute atomic E-state index is 0.0963. The number of carbonyl (C=O) groups excluding carboxylic acids is 2. The number of fused-ring (bicyclic) bond motifs is 1. The summed E-state index contributed by atoms with van der Waals surface area (Å²) in [7, 11) is 0. The van der Waals surface area contributed by atoms with Crippen LogP contribution in [0.15, 0.2) is 36.4 Å². The van der Waals surface area contributed by atoms with E-state index in [1.807, 2.05) is 33.8 Å². The Morgan fingerprint density at radius 1 is 1.18 bits per heavy atom. The average molecular weight is 471 g/mol. The summed E-state index contributed by atoms with van der Waals surface area (Å²) < 4.78 is 30.5. The van der Waals surface area contributed by atoms with E-state index in [1.165, 1.54) is 18.2 Å². The van der Waals surface area contributed by atoms with E-state index in [0.29, 0.717) is 17.1 Å². The topological polar surface area (TPSA) is 82.1 Å². The van der Waals surface area contributed by atoms with Crippen molar-refractivity contribution in [3.63, 3.8) is 0 Å². The molecular weight excluding hydrogens is 439 g/mol. The van der Waals surface area contributed by atoms with E-state index in [4.69, 9.17) is 14.2 Å². The molecule has 3 rings (SSSR count). The summed E-state index contributed by atoms with van der Waals surface area (Å²) in [6, 6.07) is 8.00. The minimum atomic E-state index is -1.09. The molecule has 182 valence electrons. The molecule has 1 atom stereocenters. The van der Waals surface area contributed by atoms with Gasteiger partial charge in [0.15, 0.2) is 11.5 Å². The highest BCUT2D eigenvalue weighted by atomic mass is 19.1. The zero-order valence-corrected chi connectivity index (χ0v) is 20.2. The van der Waals surface area contributed by atoms with Crippen molar-refractivity contribution in [3.05, 3.63) is 53.4 Å². The van der Waals surface area contributed by atoms with E-state index in [9.17, 15) is 19.1 Å². The van der Waals surface area contributed by atoms with E-state index in [2.05, 4.69) is 0 Å². The molecule has 0 aromatic heterocycles. The molecule has 1 aliphatic heterocycles. The Kier molecular flexibility index (Phi) is 7.77. The number of rotatable bonds is 9. The van der Waals surface area contributed by atoms with Gasteiger partial charge in [0.25, 0.3) is 0 Å². The maximum absolute atomic E-state index is 13.7. The van der Waals surface area contributed by atoms with Crippen molar-refractivity contribution in [2.24, 2.45) is 0 Å². The van der Waals surface area contributed by atoms with E-state index >= 15 is 0 Å². The Balaban J connectivity index is 2.01. The number of aliphatic hydroxyl groups excluding tert-OH is 1. The van der Waals surface area contributed by atoms with E-state index < -0.39 is 23.6 Å². The van der Waals surface area contributed by atoms with Crippen LogP contribution < -0.4 is 9.47 Å². The molecule has 0 fully saturated rings. The summed E-state index contributed by atoms with van der Waals surface area (Å²) in [5.74, 6) is -1.02. The van der Waals surface area contributed by atoms with Crippen molar-refractivity contribution in [2.45, 2.75) is 65.3 Å². The fraction of sp³-hybridized carbons (Fsp3) is 0.407. The predicted octanol–water partition coefficient (Wildman–Crippen LogP) is 5.41. The highest BCUT2D eigenvalue weighted by Crippen LogP contribution is 2.50. The number of hydrogen-bond donors (Lipinski definition) is 1. The number of hydrogen-bond acceptors (Lipinski definition) is 6. The number of Topliss-reactive ketones (excluding diaryl/α,β-unsaturated/α-hetero) is 1. The van der Waals surface area contributed by atoms with Gasteiger partial charge in [0.2, 0.25) is 5.79 Å². The van der Waals surface area contributed by atoms with Gasteiger partial charge in [-0.1, -0.05) is 38.1 Å². The molecule has 6 nitrogen and oxygen atoms in total. The average Bonchev–Trinajstić information content (AvgIpc) is 3.05. The Morgan fingerprint density at radius 3 is 2.47 bits per heavy atom. The van der Waals surface area contributed by atoms with Crippen molar-refractivity contribution in [3.8, 4) is 22.6 Å². The summed E-state index contributed by atoms with van der Waals surface area (Å²) in [6.45, 7) is 9.55. The van der Waals surface area contributed by atoms with Crippen LogP contribution in [0.5, 0.6) is 11.5 Å². The van der Waals surface area contributed by atoms with Gasteiger partial charge in [-0.25, -0.2) is 4.39 Å². The van der Waals surface area contributed by atoms with Crippen LogP contribution in [0.4, 0.5) is 4.39 Å². The molecule has 0 saturated carbocycles. The van der Waals surface area contributed by atoms with Gasteiger partial charge in [0, 0.05) is 25.8 Å². The van der Waals surface area contributed by atoms with Crippen molar-refractivity contribution in [2.75, 3.05) is 6.61 Å². The summed E-state index contributed by atoms with van der Waals surface area (Å²) in [6.07, 6.45) is 1.58. The SMILES string of the molecule is CCOC(=O)CC(=O)CC(O)C=Cc1c(C(C)C)cc2c(c1-c1ccc(F)cc1)OC(C)(C)O2. The molecule has 0 amide bonds. The first kappa shape index (κ1) is 25.4. The summed E-state index contributed by atoms with van der Waals surface area (Å²) in [4.78, 5) is 23.6. The van der Waals surface area contributed by atoms with E-state index in [-0.39, 0.29) is 31.2 Å². The lowest BCUT2D eigenvalue weighted by Crippen LogP contribution is -2.29. The van der Waals surface area contributed by atoms with Crippen LogP contribution in [0, 0.1) is 5.82 Å². The number of benzene rings is 2. The monoisotopic (exact) mass is 470 g/mol. The third-order valence-electron chi connectivity index (χ3n) is 5.34. The Bertz CT molecular complexity index is 1090. The van der Waals surface area contributed by atoms with Crippen LogP contribution >= 0.6 is 0 Å². The normalized spacial score (nSPS) is 15.1. The largest absolute Gasteiger partial charge is 0.466 e. The molecule has 34 heavy (non-hydrogen) atoms. The first-order valence-corrected chi connectivity index (χ1v) is 11.4. The van der Waals surface area contributed by atoms with Crippen molar-refractivity contribution < 1.29 is 33.3 Å². The maximum Gasteiger partial charge on any atom is 0.313 e. The molecular formula is C27H31FO6. The molecule has 2 aromatic rings. The van der Waals surface area contributed by atoms with Crippen LogP contribution in [0.25, 0.3) is 17.2 Å². The van der Waals surface area contributed by atoms with Gasteiger partial charge in [-0.05, 0) is 47.7 Å². The predicted molar refractivity (Wildman–Crippen MR) is 127 cm³/mol. The first-order valence-electron chi connectivity index (χ1n) is 11.4. The third kappa shape index (κ3) is 6.03. The first-order chi connectivity index (χ1) is 16.0. The number of halogens is 1. The zero-order chi connectivity index (χ0) is 25.0. The number of ether oxygens (including phenoxy) is 3. The Morgan fingerprint density at radius 2 is 1.85 bits per heavy atom. The second-order valence-corrected chi connectivity index (χ2v) is 9.00. The van der Waals surface area contributed by atoms with Gasteiger partial charge in [0.1, 0.15) is 18.0 Å². The molecule has 0 bridgehead atoms. The number of carbonyl (C=O) groups is 2.